The number of aryl methyl sites for hydroxylation is 1. The van der Waals surface area contributed by atoms with Crippen LogP contribution in [-0.2, 0) is 22.6 Å². The zero-order valence-electron chi connectivity index (χ0n) is 17.5. The number of halogens is 1. The minimum Gasteiger partial charge on any atom is -0.454 e. The second-order valence-corrected chi connectivity index (χ2v) is 8.11. The fourth-order valence-electron chi connectivity index (χ4n) is 3.27. The third kappa shape index (κ3) is 5.66. The highest BCUT2D eigenvalue weighted by molar-refractivity contribution is 6.30. The van der Waals surface area contributed by atoms with Gasteiger partial charge in [0.1, 0.15) is 6.04 Å². The minimum atomic E-state index is -0.590. The van der Waals surface area contributed by atoms with Gasteiger partial charge in [0, 0.05) is 24.0 Å². The number of rotatable bonds is 8. The van der Waals surface area contributed by atoms with Gasteiger partial charge in [-0.05, 0) is 62.6 Å². The maximum Gasteiger partial charge on any atom is 0.242 e. The van der Waals surface area contributed by atoms with Crippen molar-refractivity contribution in [1.29, 1.82) is 0 Å². The van der Waals surface area contributed by atoms with Gasteiger partial charge >= 0.3 is 0 Å². The summed E-state index contributed by atoms with van der Waals surface area (Å²) in [5.41, 5.74) is 1.90. The molecule has 1 atom stereocenters. The molecule has 1 heterocycles. The standard InChI is InChI=1S/C23H27ClN2O4/c1-15(2)25-23(28)16(3)26(13-18-4-8-19(24)9-5-18)22(27)11-7-17-6-10-20-21(12-17)30-14-29-20/h4-6,8-10,12,15-16H,7,11,13-14H2,1-3H3,(H,25,28)/t16-/m1/s1. The van der Waals surface area contributed by atoms with Crippen molar-refractivity contribution in [2.75, 3.05) is 6.79 Å². The van der Waals surface area contributed by atoms with Crippen molar-refractivity contribution in [3.63, 3.8) is 0 Å². The number of nitrogens with zero attached hydrogens (tertiary/aromatic N) is 1. The summed E-state index contributed by atoms with van der Waals surface area (Å²) in [6, 6.07) is 12.4. The molecule has 30 heavy (non-hydrogen) atoms. The fraction of sp³-hybridized carbons (Fsp3) is 0.391. The van der Waals surface area contributed by atoms with E-state index in [2.05, 4.69) is 5.32 Å². The molecule has 1 N–H and O–H groups in total. The Bertz CT molecular complexity index is 899. The molecular weight excluding hydrogens is 404 g/mol. The molecule has 0 aliphatic carbocycles. The topological polar surface area (TPSA) is 67.9 Å². The summed E-state index contributed by atoms with van der Waals surface area (Å²) >= 11 is 5.98. The number of carbonyl (C=O) groups excluding carboxylic acids is 2. The summed E-state index contributed by atoms with van der Waals surface area (Å²) in [5, 5.41) is 3.52. The Labute approximate surface area is 182 Å². The lowest BCUT2D eigenvalue weighted by atomic mass is 10.1. The van der Waals surface area contributed by atoms with Crippen LogP contribution < -0.4 is 14.8 Å². The Morgan fingerprint density at radius 3 is 2.40 bits per heavy atom. The second kappa shape index (κ2) is 9.85. The molecule has 0 saturated carbocycles. The van der Waals surface area contributed by atoms with Crippen LogP contribution in [0.3, 0.4) is 0 Å². The fourth-order valence-corrected chi connectivity index (χ4v) is 3.39. The highest BCUT2D eigenvalue weighted by atomic mass is 35.5. The molecule has 1 aliphatic rings. The molecule has 6 nitrogen and oxygen atoms in total. The Hall–Kier alpha value is -2.73. The maximum atomic E-state index is 13.1. The van der Waals surface area contributed by atoms with E-state index in [-0.39, 0.29) is 31.1 Å². The second-order valence-electron chi connectivity index (χ2n) is 7.67. The average molecular weight is 431 g/mol. The quantitative estimate of drug-likeness (QED) is 0.688. The summed E-state index contributed by atoms with van der Waals surface area (Å²) in [7, 11) is 0. The number of carbonyl (C=O) groups is 2. The number of hydrogen-bond donors (Lipinski definition) is 1. The summed E-state index contributed by atoms with van der Waals surface area (Å²) in [5.74, 6) is 1.15. The Morgan fingerprint density at radius 1 is 1.03 bits per heavy atom. The molecule has 0 fully saturated rings. The molecule has 0 radical (unpaired) electrons. The van der Waals surface area contributed by atoms with E-state index in [1.165, 1.54) is 0 Å². The van der Waals surface area contributed by atoms with E-state index in [9.17, 15) is 9.59 Å². The highest BCUT2D eigenvalue weighted by Gasteiger charge is 2.26. The molecule has 7 heteroatoms. The van der Waals surface area contributed by atoms with Crippen LogP contribution in [0.1, 0.15) is 38.3 Å². The molecule has 2 aromatic carbocycles. The first-order chi connectivity index (χ1) is 14.3. The number of amides is 2. The first-order valence-electron chi connectivity index (χ1n) is 10.1. The number of ether oxygens (including phenoxy) is 2. The van der Waals surface area contributed by atoms with Gasteiger partial charge in [-0.15, -0.1) is 0 Å². The third-order valence-electron chi connectivity index (χ3n) is 4.93. The van der Waals surface area contributed by atoms with Crippen molar-refractivity contribution in [2.24, 2.45) is 0 Å². The van der Waals surface area contributed by atoms with Crippen molar-refractivity contribution in [3.8, 4) is 11.5 Å². The van der Waals surface area contributed by atoms with Gasteiger partial charge in [0.15, 0.2) is 11.5 Å². The Morgan fingerprint density at radius 2 is 1.70 bits per heavy atom. The molecule has 0 aromatic heterocycles. The normalized spacial score (nSPS) is 13.2. The van der Waals surface area contributed by atoms with E-state index in [1.54, 1.807) is 24.0 Å². The average Bonchev–Trinajstić information content (AvgIpc) is 3.18. The minimum absolute atomic E-state index is 0.000988. The number of hydrogen-bond acceptors (Lipinski definition) is 4. The van der Waals surface area contributed by atoms with Crippen molar-refractivity contribution in [1.82, 2.24) is 10.2 Å². The van der Waals surface area contributed by atoms with Crippen molar-refractivity contribution >= 4 is 23.4 Å². The van der Waals surface area contributed by atoms with Gasteiger partial charge < -0.3 is 19.7 Å². The summed E-state index contributed by atoms with van der Waals surface area (Å²) in [6.07, 6.45) is 0.831. The van der Waals surface area contributed by atoms with Gasteiger partial charge in [-0.3, -0.25) is 9.59 Å². The van der Waals surface area contributed by atoms with Gasteiger partial charge in [-0.25, -0.2) is 0 Å². The van der Waals surface area contributed by atoms with Crippen molar-refractivity contribution in [3.05, 3.63) is 58.6 Å². The monoisotopic (exact) mass is 430 g/mol. The van der Waals surface area contributed by atoms with Crippen LogP contribution in [0, 0.1) is 0 Å². The van der Waals surface area contributed by atoms with E-state index in [0.717, 1.165) is 11.1 Å². The zero-order chi connectivity index (χ0) is 21.7. The molecule has 160 valence electrons. The molecule has 2 aromatic rings. The van der Waals surface area contributed by atoms with Crippen LogP contribution in [0.15, 0.2) is 42.5 Å². The SMILES string of the molecule is CC(C)NC(=O)[C@@H](C)N(Cc1ccc(Cl)cc1)C(=O)CCc1ccc2c(c1)OCO2. The predicted molar refractivity (Wildman–Crippen MR) is 116 cm³/mol. The third-order valence-corrected chi connectivity index (χ3v) is 5.18. The molecule has 0 saturated heterocycles. The van der Waals surface area contributed by atoms with Crippen LogP contribution in [0.4, 0.5) is 0 Å². The van der Waals surface area contributed by atoms with E-state index in [4.69, 9.17) is 21.1 Å². The van der Waals surface area contributed by atoms with Crippen LogP contribution in [-0.4, -0.2) is 35.6 Å². The molecule has 3 rings (SSSR count). The van der Waals surface area contributed by atoms with Crippen molar-refractivity contribution < 1.29 is 19.1 Å². The summed E-state index contributed by atoms with van der Waals surface area (Å²) in [6.45, 7) is 6.11. The molecule has 0 unspecified atom stereocenters. The lowest BCUT2D eigenvalue weighted by Gasteiger charge is -2.29. The van der Waals surface area contributed by atoms with Gasteiger partial charge in [-0.2, -0.15) is 0 Å². The maximum absolute atomic E-state index is 13.1. The van der Waals surface area contributed by atoms with E-state index in [1.807, 2.05) is 44.2 Å². The molecule has 1 aliphatic heterocycles. The van der Waals surface area contributed by atoms with Crippen molar-refractivity contribution in [2.45, 2.75) is 52.2 Å². The highest BCUT2D eigenvalue weighted by Crippen LogP contribution is 2.32. The van der Waals surface area contributed by atoms with E-state index >= 15 is 0 Å². The van der Waals surface area contributed by atoms with Gasteiger partial charge in [-0.1, -0.05) is 29.8 Å². The Balaban J connectivity index is 1.71. The smallest absolute Gasteiger partial charge is 0.242 e. The lowest BCUT2D eigenvalue weighted by Crippen LogP contribution is -2.49. The van der Waals surface area contributed by atoms with Gasteiger partial charge in [0.25, 0.3) is 0 Å². The van der Waals surface area contributed by atoms with Crippen LogP contribution in [0.5, 0.6) is 11.5 Å². The first-order valence-corrected chi connectivity index (χ1v) is 10.4. The molecular formula is C23H27ClN2O4. The largest absolute Gasteiger partial charge is 0.454 e. The van der Waals surface area contributed by atoms with Crippen LogP contribution in [0.2, 0.25) is 5.02 Å². The van der Waals surface area contributed by atoms with E-state index < -0.39 is 6.04 Å². The Kier molecular flexibility index (Phi) is 7.21. The van der Waals surface area contributed by atoms with Crippen LogP contribution >= 0.6 is 11.6 Å². The molecule has 2 amide bonds. The van der Waals surface area contributed by atoms with Gasteiger partial charge in [0.05, 0.1) is 0 Å². The lowest BCUT2D eigenvalue weighted by molar-refractivity contribution is -0.140. The number of fused-ring (bicyclic) bond motifs is 1. The molecule has 0 spiro atoms. The zero-order valence-corrected chi connectivity index (χ0v) is 18.2. The molecule has 0 bridgehead atoms. The number of benzene rings is 2. The van der Waals surface area contributed by atoms with E-state index in [0.29, 0.717) is 29.5 Å². The summed E-state index contributed by atoms with van der Waals surface area (Å²) in [4.78, 5) is 27.3. The van der Waals surface area contributed by atoms with Crippen LogP contribution in [0.25, 0.3) is 0 Å². The summed E-state index contributed by atoms with van der Waals surface area (Å²) < 4.78 is 10.7. The predicted octanol–water partition coefficient (Wildman–Crippen LogP) is 3.94. The van der Waals surface area contributed by atoms with Gasteiger partial charge in [0.2, 0.25) is 18.6 Å². The first kappa shape index (κ1) is 22.0. The number of nitrogens with one attached hydrogen (secondary N) is 1.